The Bertz CT molecular complexity index is 633. The minimum absolute atomic E-state index is 0. The summed E-state index contributed by atoms with van der Waals surface area (Å²) in [6, 6.07) is 10.1. The molecule has 2 N–H and O–H groups in total. The van der Waals surface area contributed by atoms with Crippen LogP contribution in [0.2, 0.25) is 0 Å². The van der Waals surface area contributed by atoms with Crippen molar-refractivity contribution in [3.8, 4) is 11.5 Å². The molecule has 132 valence electrons. The highest BCUT2D eigenvalue weighted by Gasteiger charge is 2.06. The summed E-state index contributed by atoms with van der Waals surface area (Å²) in [4.78, 5) is 5.51. The van der Waals surface area contributed by atoms with E-state index in [1.807, 2.05) is 31.2 Å². The monoisotopic (exact) mass is 461 g/mol. The van der Waals surface area contributed by atoms with E-state index in [0.29, 0.717) is 13.2 Å². The number of nitrogens with zero attached hydrogens (tertiary/aromatic N) is 1. The molecule has 5 nitrogen and oxygen atoms in total. The van der Waals surface area contributed by atoms with Crippen molar-refractivity contribution < 1.29 is 9.47 Å². The molecule has 1 heterocycles. The largest absolute Gasteiger partial charge is 0.493 e. The molecule has 0 saturated heterocycles. The summed E-state index contributed by atoms with van der Waals surface area (Å²) in [5, 5.41) is 8.67. The summed E-state index contributed by atoms with van der Waals surface area (Å²) in [6.07, 6.45) is 0. The predicted molar refractivity (Wildman–Crippen MR) is 111 cm³/mol. The van der Waals surface area contributed by atoms with Gasteiger partial charge < -0.3 is 20.1 Å². The zero-order valence-electron chi connectivity index (χ0n) is 14.2. The number of benzene rings is 1. The Hall–Kier alpha value is -1.48. The van der Waals surface area contributed by atoms with Gasteiger partial charge in [0, 0.05) is 18.5 Å². The second-order valence-electron chi connectivity index (χ2n) is 4.78. The highest BCUT2D eigenvalue weighted by atomic mass is 127. The van der Waals surface area contributed by atoms with Crippen molar-refractivity contribution in [3.63, 3.8) is 0 Å². The van der Waals surface area contributed by atoms with Crippen LogP contribution in [0.25, 0.3) is 0 Å². The first-order valence-corrected chi connectivity index (χ1v) is 8.41. The van der Waals surface area contributed by atoms with Crippen molar-refractivity contribution in [2.45, 2.75) is 20.0 Å². The van der Waals surface area contributed by atoms with Gasteiger partial charge in [0.2, 0.25) is 0 Å². The Morgan fingerprint density at radius 2 is 1.96 bits per heavy atom. The van der Waals surface area contributed by atoms with E-state index in [1.54, 1.807) is 25.5 Å². The van der Waals surface area contributed by atoms with Crippen LogP contribution in [0.4, 0.5) is 0 Å². The molecular formula is C17H24IN3O2S. The lowest BCUT2D eigenvalue weighted by atomic mass is 10.2. The molecule has 0 saturated carbocycles. The number of ether oxygens (including phenoxy) is 2. The van der Waals surface area contributed by atoms with E-state index in [4.69, 9.17) is 9.47 Å². The van der Waals surface area contributed by atoms with Gasteiger partial charge in [-0.2, -0.15) is 0 Å². The van der Waals surface area contributed by atoms with E-state index >= 15 is 0 Å². The van der Waals surface area contributed by atoms with Crippen LogP contribution in [0.5, 0.6) is 11.5 Å². The number of rotatable bonds is 7. The molecule has 0 aliphatic heterocycles. The Morgan fingerprint density at radius 3 is 2.58 bits per heavy atom. The molecule has 2 rings (SSSR count). The Kier molecular flexibility index (Phi) is 9.55. The lowest BCUT2D eigenvalue weighted by Gasteiger charge is -2.13. The Labute approximate surface area is 164 Å². The molecule has 0 unspecified atom stereocenters. The molecule has 0 spiro atoms. The van der Waals surface area contributed by atoms with Crippen LogP contribution in [0.1, 0.15) is 17.4 Å². The third kappa shape index (κ3) is 6.20. The molecule has 0 aliphatic carbocycles. The van der Waals surface area contributed by atoms with Crippen molar-refractivity contribution in [1.29, 1.82) is 0 Å². The number of guanidine groups is 1. The third-order valence-electron chi connectivity index (χ3n) is 3.22. The van der Waals surface area contributed by atoms with E-state index in [2.05, 4.69) is 27.1 Å². The van der Waals surface area contributed by atoms with E-state index in [9.17, 15) is 0 Å². The van der Waals surface area contributed by atoms with E-state index in [1.165, 1.54) is 4.88 Å². The standard InChI is InChI=1S/C17H23N3O2S.HI/c1-4-22-16-10-13(7-8-15(16)21-3)11-19-17(18-2)20-12-14-6-5-9-23-14;/h5-10H,4,11-12H2,1-3H3,(H2,18,19,20);1H. The molecule has 0 atom stereocenters. The van der Waals surface area contributed by atoms with Crippen molar-refractivity contribution in [1.82, 2.24) is 10.6 Å². The van der Waals surface area contributed by atoms with Gasteiger partial charge >= 0.3 is 0 Å². The Morgan fingerprint density at radius 1 is 1.17 bits per heavy atom. The molecule has 1 aromatic heterocycles. The molecule has 24 heavy (non-hydrogen) atoms. The number of methoxy groups -OCH3 is 1. The van der Waals surface area contributed by atoms with Gasteiger partial charge in [-0.15, -0.1) is 35.3 Å². The Balaban J connectivity index is 0.00000288. The topological polar surface area (TPSA) is 54.9 Å². The van der Waals surface area contributed by atoms with Crippen LogP contribution in [0, 0.1) is 0 Å². The highest BCUT2D eigenvalue weighted by Crippen LogP contribution is 2.27. The second-order valence-corrected chi connectivity index (χ2v) is 5.81. The van der Waals surface area contributed by atoms with Gasteiger partial charge in [0.1, 0.15) is 0 Å². The lowest BCUT2D eigenvalue weighted by Crippen LogP contribution is -2.36. The number of thiophene rings is 1. The van der Waals surface area contributed by atoms with Crippen LogP contribution in [-0.2, 0) is 13.1 Å². The van der Waals surface area contributed by atoms with Gasteiger partial charge in [-0.25, -0.2) is 0 Å². The molecular weight excluding hydrogens is 437 g/mol. The quantitative estimate of drug-likeness (QED) is 0.376. The maximum atomic E-state index is 5.60. The number of nitrogens with one attached hydrogen (secondary N) is 2. The first kappa shape index (κ1) is 20.6. The van der Waals surface area contributed by atoms with E-state index < -0.39 is 0 Å². The SMILES string of the molecule is CCOc1cc(CNC(=NC)NCc2cccs2)ccc1OC.I. The minimum Gasteiger partial charge on any atom is -0.493 e. The van der Waals surface area contributed by atoms with Gasteiger partial charge in [0.05, 0.1) is 20.3 Å². The summed E-state index contributed by atoms with van der Waals surface area (Å²) in [5.41, 5.74) is 1.10. The summed E-state index contributed by atoms with van der Waals surface area (Å²) in [5.74, 6) is 2.28. The molecule has 0 radical (unpaired) electrons. The predicted octanol–water partition coefficient (Wildman–Crippen LogP) is 3.64. The van der Waals surface area contributed by atoms with Crippen LogP contribution in [0.15, 0.2) is 40.7 Å². The number of aliphatic imine (C=N–C) groups is 1. The minimum atomic E-state index is 0. The lowest BCUT2D eigenvalue weighted by molar-refractivity contribution is 0.310. The summed E-state index contributed by atoms with van der Waals surface area (Å²) in [7, 11) is 3.41. The first-order valence-electron chi connectivity index (χ1n) is 7.53. The summed E-state index contributed by atoms with van der Waals surface area (Å²) < 4.78 is 10.9. The van der Waals surface area contributed by atoms with Crippen LogP contribution < -0.4 is 20.1 Å². The fraction of sp³-hybridized carbons (Fsp3) is 0.353. The van der Waals surface area contributed by atoms with Gasteiger partial charge in [-0.3, -0.25) is 4.99 Å². The maximum absolute atomic E-state index is 5.60. The normalized spacial score (nSPS) is 10.7. The average Bonchev–Trinajstić information content (AvgIpc) is 3.09. The zero-order valence-corrected chi connectivity index (χ0v) is 17.3. The van der Waals surface area contributed by atoms with E-state index in [0.717, 1.165) is 29.6 Å². The fourth-order valence-corrected chi connectivity index (χ4v) is 2.73. The molecule has 0 aliphatic rings. The van der Waals surface area contributed by atoms with Crippen LogP contribution >= 0.6 is 35.3 Å². The summed E-state index contributed by atoms with van der Waals surface area (Å²) >= 11 is 1.73. The third-order valence-corrected chi connectivity index (χ3v) is 4.10. The van der Waals surface area contributed by atoms with Crippen molar-refractivity contribution in [3.05, 3.63) is 46.2 Å². The number of hydrogen-bond donors (Lipinski definition) is 2. The van der Waals surface area contributed by atoms with Gasteiger partial charge in [-0.05, 0) is 36.1 Å². The molecule has 2 aromatic rings. The van der Waals surface area contributed by atoms with Crippen molar-refractivity contribution in [2.24, 2.45) is 4.99 Å². The van der Waals surface area contributed by atoms with Crippen molar-refractivity contribution in [2.75, 3.05) is 20.8 Å². The van der Waals surface area contributed by atoms with Crippen LogP contribution in [-0.4, -0.2) is 26.7 Å². The van der Waals surface area contributed by atoms with Gasteiger partial charge in [-0.1, -0.05) is 12.1 Å². The molecule has 1 aromatic carbocycles. The fourth-order valence-electron chi connectivity index (χ4n) is 2.09. The highest BCUT2D eigenvalue weighted by molar-refractivity contribution is 14.0. The second kappa shape index (κ2) is 11.1. The zero-order chi connectivity index (χ0) is 16.5. The van der Waals surface area contributed by atoms with Crippen molar-refractivity contribution >= 4 is 41.3 Å². The number of hydrogen-bond acceptors (Lipinski definition) is 4. The maximum Gasteiger partial charge on any atom is 0.191 e. The number of halogens is 1. The van der Waals surface area contributed by atoms with E-state index in [-0.39, 0.29) is 24.0 Å². The molecule has 0 amide bonds. The van der Waals surface area contributed by atoms with Gasteiger partial charge in [0.25, 0.3) is 0 Å². The molecule has 7 heteroatoms. The average molecular weight is 461 g/mol. The molecule has 0 bridgehead atoms. The smallest absolute Gasteiger partial charge is 0.191 e. The summed E-state index contributed by atoms with van der Waals surface area (Å²) in [6.45, 7) is 4.00. The van der Waals surface area contributed by atoms with Crippen LogP contribution in [0.3, 0.4) is 0 Å². The first-order chi connectivity index (χ1) is 11.3. The van der Waals surface area contributed by atoms with Gasteiger partial charge in [0.15, 0.2) is 17.5 Å². The molecule has 0 fully saturated rings.